The second-order valence-electron chi connectivity index (χ2n) is 5.43. The molecule has 116 valence electrons. The van der Waals surface area contributed by atoms with E-state index < -0.39 is 0 Å². The zero-order chi connectivity index (χ0) is 15.2. The van der Waals surface area contributed by atoms with E-state index in [4.69, 9.17) is 9.84 Å². The molecule has 0 aromatic heterocycles. The van der Waals surface area contributed by atoms with Crippen LogP contribution in [-0.4, -0.2) is 41.8 Å². The van der Waals surface area contributed by atoms with Crippen LogP contribution in [0.2, 0.25) is 0 Å². The number of carbonyl (C=O) groups is 1. The molecule has 0 aliphatic heterocycles. The molecule has 1 aromatic rings. The SMILES string of the molecule is CCCOc1cc(C)ccc1NC(=O)N(CCO)C1CC1. The van der Waals surface area contributed by atoms with Crippen LogP contribution < -0.4 is 10.1 Å². The van der Waals surface area contributed by atoms with Crippen molar-refractivity contribution in [3.63, 3.8) is 0 Å². The van der Waals surface area contributed by atoms with Gasteiger partial charge in [0.15, 0.2) is 0 Å². The van der Waals surface area contributed by atoms with E-state index in [0.29, 0.717) is 24.6 Å². The first-order valence-corrected chi connectivity index (χ1v) is 7.57. The minimum Gasteiger partial charge on any atom is -0.491 e. The third-order valence-electron chi connectivity index (χ3n) is 3.43. The molecule has 0 unspecified atom stereocenters. The molecule has 0 saturated heterocycles. The molecule has 1 saturated carbocycles. The number of benzene rings is 1. The largest absolute Gasteiger partial charge is 0.491 e. The predicted molar refractivity (Wildman–Crippen MR) is 82.8 cm³/mol. The Labute approximate surface area is 125 Å². The van der Waals surface area contributed by atoms with Crippen LogP contribution in [0.5, 0.6) is 5.75 Å². The van der Waals surface area contributed by atoms with Crippen molar-refractivity contribution in [3.05, 3.63) is 23.8 Å². The van der Waals surface area contributed by atoms with Crippen LogP contribution in [0.4, 0.5) is 10.5 Å². The van der Waals surface area contributed by atoms with Crippen molar-refractivity contribution in [2.24, 2.45) is 0 Å². The van der Waals surface area contributed by atoms with Gasteiger partial charge in [-0.1, -0.05) is 13.0 Å². The second-order valence-corrected chi connectivity index (χ2v) is 5.43. The normalized spacial score (nSPS) is 13.9. The van der Waals surface area contributed by atoms with Gasteiger partial charge in [0.2, 0.25) is 0 Å². The molecule has 0 atom stereocenters. The maximum absolute atomic E-state index is 12.3. The third-order valence-corrected chi connectivity index (χ3v) is 3.43. The lowest BCUT2D eigenvalue weighted by molar-refractivity contribution is 0.185. The fraction of sp³-hybridized carbons (Fsp3) is 0.562. The molecule has 0 bridgehead atoms. The molecule has 0 heterocycles. The zero-order valence-electron chi connectivity index (χ0n) is 12.8. The maximum Gasteiger partial charge on any atom is 0.322 e. The molecule has 2 amide bonds. The Morgan fingerprint density at radius 3 is 2.86 bits per heavy atom. The average molecular weight is 292 g/mol. The number of nitrogens with one attached hydrogen (secondary N) is 1. The van der Waals surface area contributed by atoms with Crippen LogP contribution in [0.15, 0.2) is 18.2 Å². The fourth-order valence-electron chi connectivity index (χ4n) is 2.20. The van der Waals surface area contributed by atoms with Gasteiger partial charge in [0.05, 0.1) is 18.9 Å². The molecular formula is C16H24N2O3. The molecule has 5 nitrogen and oxygen atoms in total. The lowest BCUT2D eigenvalue weighted by atomic mass is 10.2. The van der Waals surface area contributed by atoms with Crippen LogP contribution in [0.25, 0.3) is 0 Å². The molecule has 2 N–H and O–H groups in total. The van der Waals surface area contributed by atoms with Crippen molar-refractivity contribution in [2.45, 2.75) is 39.2 Å². The monoisotopic (exact) mass is 292 g/mol. The molecule has 0 spiro atoms. The predicted octanol–water partition coefficient (Wildman–Crippen LogP) is 2.77. The zero-order valence-corrected chi connectivity index (χ0v) is 12.8. The maximum atomic E-state index is 12.3. The van der Waals surface area contributed by atoms with Crippen molar-refractivity contribution in [1.29, 1.82) is 0 Å². The van der Waals surface area contributed by atoms with E-state index in [1.165, 1.54) is 0 Å². The van der Waals surface area contributed by atoms with E-state index in [1.807, 2.05) is 32.0 Å². The minimum absolute atomic E-state index is 0.0169. The van der Waals surface area contributed by atoms with Crippen molar-refractivity contribution < 1.29 is 14.6 Å². The van der Waals surface area contributed by atoms with Gasteiger partial charge < -0.3 is 20.1 Å². The highest BCUT2D eigenvalue weighted by molar-refractivity contribution is 5.91. The van der Waals surface area contributed by atoms with Gasteiger partial charge in [0.25, 0.3) is 0 Å². The van der Waals surface area contributed by atoms with E-state index in [0.717, 1.165) is 24.8 Å². The first-order chi connectivity index (χ1) is 10.2. The quantitative estimate of drug-likeness (QED) is 0.812. The molecule has 5 heteroatoms. The molecule has 21 heavy (non-hydrogen) atoms. The summed E-state index contributed by atoms with van der Waals surface area (Å²) in [5.41, 5.74) is 1.77. The summed E-state index contributed by atoms with van der Waals surface area (Å²) >= 11 is 0. The summed E-state index contributed by atoms with van der Waals surface area (Å²) in [6.45, 7) is 5.01. The highest BCUT2D eigenvalue weighted by atomic mass is 16.5. The lowest BCUT2D eigenvalue weighted by Gasteiger charge is -2.22. The first kappa shape index (κ1) is 15.6. The molecular weight excluding hydrogens is 268 g/mol. The van der Waals surface area contributed by atoms with Gasteiger partial charge in [-0.2, -0.15) is 0 Å². The Morgan fingerprint density at radius 1 is 1.48 bits per heavy atom. The van der Waals surface area contributed by atoms with Gasteiger partial charge in [-0.05, 0) is 43.9 Å². The smallest absolute Gasteiger partial charge is 0.322 e. The number of aliphatic hydroxyl groups is 1. The Morgan fingerprint density at radius 2 is 2.24 bits per heavy atom. The van der Waals surface area contributed by atoms with Crippen molar-refractivity contribution >= 4 is 11.7 Å². The summed E-state index contributed by atoms with van der Waals surface area (Å²) in [4.78, 5) is 14.0. The van der Waals surface area contributed by atoms with Crippen molar-refractivity contribution in [1.82, 2.24) is 4.90 Å². The lowest BCUT2D eigenvalue weighted by Crippen LogP contribution is -2.38. The van der Waals surface area contributed by atoms with E-state index in [2.05, 4.69) is 5.32 Å². The van der Waals surface area contributed by atoms with E-state index in [9.17, 15) is 4.79 Å². The van der Waals surface area contributed by atoms with Gasteiger partial charge >= 0.3 is 6.03 Å². The topological polar surface area (TPSA) is 61.8 Å². The molecule has 1 aromatic carbocycles. The number of ether oxygens (including phenoxy) is 1. The van der Waals surface area contributed by atoms with Crippen molar-refractivity contribution in [2.75, 3.05) is 25.1 Å². The number of carbonyl (C=O) groups excluding carboxylic acids is 1. The number of hydrogen-bond donors (Lipinski definition) is 2. The number of rotatable bonds is 7. The Kier molecular flexibility index (Phi) is 5.44. The van der Waals surface area contributed by atoms with Gasteiger partial charge in [-0.25, -0.2) is 4.79 Å². The minimum atomic E-state index is -0.170. The standard InChI is InChI=1S/C16H24N2O3/c1-3-10-21-15-11-12(2)4-7-14(15)17-16(20)18(8-9-19)13-5-6-13/h4,7,11,13,19H,3,5-6,8-10H2,1-2H3,(H,17,20). The summed E-state index contributed by atoms with van der Waals surface area (Å²) < 4.78 is 5.70. The first-order valence-electron chi connectivity index (χ1n) is 7.57. The number of nitrogens with zero attached hydrogens (tertiary/aromatic N) is 1. The van der Waals surface area contributed by atoms with Gasteiger partial charge in [0.1, 0.15) is 5.75 Å². The number of amides is 2. The summed E-state index contributed by atoms with van der Waals surface area (Å²) in [5, 5.41) is 12.0. The van der Waals surface area contributed by atoms with Gasteiger partial charge in [-0.15, -0.1) is 0 Å². The number of anilines is 1. The van der Waals surface area contributed by atoms with Crippen molar-refractivity contribution in [3.8, 4) is 5.75 Å². The number of aryl methyl sites for hydroxylation is 1. The molecule has 2 rings (SSSR count). The third kappa shape index (κ3) is 4.36. The average Bonchev–Trinajstić information content (AvgIpc) is 3.29. The summed E-state index contributed by atoms with van der Waals surface area (Å²) in [7, 11) is 0. The van der Waals surface area contributed by atoms with E-state index >= 15 is 0 Å². The van der Waals surface area contributed by atoms with Crippen LogP contribution in [-0.2, 0) is 0 Å². The molecule has 1 aliphatic rings. The van der Waals surface area contributed by atoms with E-state index in [-0.39, 0.29) is 18.7 Å². The van der Waals surface area contributed by atoms with Crippen LogP contribution in [0.3, 0.4) is 0 Å². The van der Waals surface area contributed by atoms with Gasteiger partial charge in [-0.3, -0.25) is 0 Å². The van der Waals surface area contributed by atoms with Crippen LogP contribution in [0, 0.1) is 6.92 Å². The summed E-state index contributed by atoms with van der Waals surface area (Å²) in [5.74, 6) is 0.699. The van der Waals surface area contributed by atoms with Crippen LogP contribution in [0.1, 0.15) is 31.7 Å². The second kappa shape index (κ2) is 7.31. The number of aliphatic hydroxyl groups excluding tert-OH is 1. The molecule has 1 fully saturated rings. The highest BCUT2D eigenvalue weighted by Crippen LogP contribution is 2.29. The number of hydrogen-bond acceptors (Lipinski definition) is 3. The summed E-state index contributed by atoms with van der Waals surface area (Å²) in [6.07, 6.45) is 2.95. The van der Waals surface area contributed by atoms with Crippen LogP contribution >= 0.6 is 0 Å². The summed E-state index contributed by atoms with van der Waals surface area (Å²) in [6, 6.07) is 5.84. The highest BCUT2D eigenvalue weighted by Gasteiger charge is 2.32. The number of urea groups is 1. The Balaban J connectivity index is 2.08. The Hall–Kier alpha value is -1.75. The Bertz CT molecular complexity index is 486. The fourth-order valence-corrected chi connectivity index (χ4v) is 2.20. The van der Waals surface area contributed by atoms with E-state index in [1.54, 1.807) is 4.90 Å². The van der Waals surface area contributed by atoms with Gasteiger partial charge in [0, 0.05) is 12.6 Å². The molecule has 0 radical (unpaired) electrons. The molecule has 1 aliphatic carbocycles.